The van der Waals surface area contributed by atoms with Crippen molar-refractivity contribution >= 4 is 23.0 Å². The number of benzene rings is 1. The van der Waals surface area contributed by atoms with Gasteiger partial charge in [-0.05, 0) is 17.9 Å². The molecule has 2 rings (SSSR count). The molecule has 1 saturated heterocycles. The van der Waals surface area contributed by atoms with Gasteiger partial charge in [0.05, 0.1) is 16.4 Å². The fraction of sp³-hybridized carbons (Fsp3) is 0.500. The van der Waals surface area contributed by atoms with E-state index in [9.17, 15) is 4.39 Å². The predicted molar refractivity (Wildman–Crippen MR) is 66.4 cm³/mol. The lowest BCUT2D eigenvalue weighted by Crippen LogP contribution is -2.21. The van der Waals surface area contributed by atoms with Crippen LogP contribution in [0.3, 0.4) is 0 Å². The van der Waals surface area contributed by atoms with Crippen LogP contribution in [-0.4, -0.2) is 13.1 Å². The van der Waals surface area contributed by atoms with E-state index in [0.29, 0.717) is 17.5 Å². The van der Waals surface area contributed by atoms with Gasteiger partial charge in [-0.25, -0.2) is 4.39 Å². The highest BCUT2D eigenvalue weighted by Crippen LogP contribution is 2.34. The summed E-state index contributed by atoms with van der Waals surface area (Å²) >= 11 is 5.68. The van der Waals surface area contributed by atoms with Crippen LogP contribution in [0.1, 0.15) is 13.8 Å². The van der Waals surface area contributed by atoms with Crippen LogP contribution in [0, 0.1) is 17.7 Å². The summed E-state index contributed by atoms with van der Waals surface area (Å²) in [7, 11) is 0. The molecule has 4 heteroatoms. The number of rotatable bonds is 1. The van der Waals surface area contributed by atoms with Gasteiger partial charge in [0, 0.05) is 19.2 Å². The zero-order chi connectivity index (χ0) is 11.9. The number of hydrogen-bond donors (Lipinski definition) is 1. The fourth-order valence-corrected chi connectivity index (χ4v) is 2.32. The third kappa shape index (κ3) is 1.96. The summed E-state index contributed by atoms with van der Waals surface area (Å²) in [5, 5.41) is 0.0848. The summed E-state index contributed by atoms with van der Waals surface area (Å²) in [4.78, 5) is 2.13. The zero-order valence-corrected chi connectivity index (χ0v) is 10.3. The topological polar surface area (TPSA) is 29.3 Å². The third-order valence-electron chi connectivity index (χ3n) is 3.40. The molecule has 1 fully saturated rings. The Morgan fingerprint density at radius 3 is 2.44 bits per heavy atom. The van der Waals surface area contributed by atoms with E-state index < -0.39 is 5.82 Å². The van der Waals surface area contributed by atoms with Gasteiger partial charge >= 0.3 is 0 Å². The van der Waals surface area contributed by atoms with Crippen LogP contribution in [0.25, 0.3) is 0 Å². The lowest BCUT2D eigenvalue weighted by Gasteiger charge is -2.20. The molecule has 2 N–H and O–H groups in total. The summed E-state index contributed by atoms with van der Waals surface area (Å²) in [5.74, 6) is 0.814. The van der Waals surface area contributed by atoms with Crippen molar-refractivity contribution in [3.8, 4) is 0 Å². The molecule has 0 spiro atoms. The number of anilines is 2. The summed E-state index contributed by atoms with van der Waals surface area (Å²) in [6.45, 7) is 6.25. The van der Waals surface area contributed by atoms with E-state index in [4.69, 9.17) is 17.3 Å². The molecular formula is C12H16ClFN2. The van der Waals surface area contributed by atoms with Gasteiger partial charge in [-0.3, -0.25) is 0 Å². The zero-order valence-electron chi connectivity index (χ0n) is 9.50. The van der Waals surface area contributed by atoms with Crippen molar-refractivity contribution < 1.29 is 4.39 Å². The molecule has 0 amide bonds. The van der Waals surface area contributed by atoms with Gasteiger partial charge in [0.1, 0.15) is 5.82 Å². The molecule has 16 heavy (non-hydrogen) atoms. The van der Waals surface area contributed by atoms with E-state index in [0.717, 1.165) is 18.8 Å². The Morgan fingerprint density at radius 1 is 1.31 bits per heavy atom. The number of nitrogens with zero attached hydrogens (tertiary/aromatic N) is 1. The molecule has 0 radical (unpaired) electrons. The van der Waals surface area contributed by atoms with Crippen molar-refractivity contribution in [1.29, 1.82) is 0 Å². The second kappa shape index (κ2) is 4.13. The van der Waals surface area contributed by atoms with E-state index in [1.807, 2.05) is 0 Å². The van der Waals surface area contributed by atoms with Gasteiger partial charge in [0.25, 0.3) is 0 Å². The van der Waals surface area contributed by atoms with Crippen molar-refractivity contribution in [1.82, 2.24) is 0 Å². The summed E-state index contributed by atoms with van der Waals surface area (Å²) < 4.78 is 13.4. The molecule has 2 atom stereocenters. The number of halogens is 2. The Balaban J connectivity index is 2.31. The Labute approximate surface area is 100 Å². The number of nitrogen functional groups attached to an aromatic ring is 1. The Hall–Kier alpha value is -0.960. The summed E-state index contributed by atoms with van der Waals surface area (Å²) in [6, 6.07) is 2.92. The van der Waals surface area contributed by atoms with Crippen LogP contribution >= 0.6 is 11.6 Å². The first kappa shape index (κ1) is 11.5. The highest BCUT2D eigenvalue weighted by Gasteiger charge is 2.27. The first-order valence-corrected chi connectivity index (χ1v) is 5.86. The van der Waals surface area contributed by atoms with E-state index in [2.05, 4.69) is 18.7 Å². The van der Waals surface area contributed by atoms with Crippen molar-refractivity contribution in [3.63, 3.8) is 0 Å². The van der Waals surface area contributed by atoms with E-state index in [1.54, 1.807) is 0 Å². The second-order valence-electron chi connectivity index (χ2n) is 4.68. The highest BCUT2D eigenvalue weighted by molar-refractivity contribution is 6.31. The molecule has 2 unspecified atom stereocenters. The predicted octanol–water partition coefficient (Wildman–Crippen LogP) is 3.15. The van der Waals surface area contributed by atoms with Crippen LogP contribution in [0.15, 0.2) is 12.1 Å². The van der Waals surface area contributed by atoms with Crippen molar-refractivity contribution in [2.75, 3.05) is 23.7 Å². The SMILES string of the molecule is CC1CN(c2cc(F)c(Cl)cc2N)CC1C. The van der Waals surface area contributed by atoms with Crippen molar-refractivity contribution in [2.45, 2.75) is 13.8 Å². The molecule has 0 bridgehead atoms. The number of nitrogens with two attached hydrogens (primary N) is 1. The number of hydrogen-bond acceptors (Lipinski definition) is 2. The Morgan fingerprint density at radius 2 is 1.88 bits per heavy atom. The van der Waals surface area contributed by atoms with Gasteiger partial charge in [0.15, 0.2) is 0 Å². The fourth-order valence-electron chi connectivity index (χ4n) is 2.15. The van der Waals surface area contributed by atoms with Crippen LogP contribution < -0.4 is 10.6 Å². The summed E-state index contributed by atoms with van der Waals surface area (Å²) in [5.41, 5.74) is 7.18. The van der Waals surface area contributed by atoms with Gasteiger partial charge < -0.3 is 10.6 Å². The average molecular weight is 243 g/mol. The largest absolute Gasteiger partial charge is 0.397 e. The monoisotopic (exact) mass is 242 g/mol. The third-order valence-corrected chi connectivity index (χ3v) is 3.69. The van der Waals surface area contributed by atoms with Crippen LogP contribution in [0.2, 0.25) is 5.02 Å². The molecule has 2 nitrogen and oxygen atoms in total. The van der Waals surface area contributed by atoms with Crippen LogP contribution in [0.5, 0.6) is 0 Å². The molecule has 1 aromatic rings. The van der Waals surface area contributed by atoms with E-state index in [-0.39, 0.29) is 5.02 Å². The maximum Gasteiger partial charge on any atom is 0.144 e. The minimum Gasteiger partial charge on any atom is -0.397 e. The second-order valence-corrected chi connectivity index (χ2v) is 5.09. The lowest BCUT2D eigenvalue weighted by molar-refractivity contribution is 0.494. The quantitative estimate of drug-likeness (QED) is 0.767. The molecule has 1 aliphatic heterocycles. The minimum atomic E-state index is -0.405. The maximum absolute atomic E-state index is 13.4. The normalized spacial score (nSPS) is 25.1. The first-order valence-electron chi connectivity index (χ1n) is 5.48. The molecule has 0 aromatic heterocycles. The molecule has 88 valence electrons. The van der Waals surface area contributed by atoms with E-state index in [1.165, 1.54) is 12.1 Å². The summed E-state index contributed by atoms with van der Waals surface area (Å²) in [6.07, 6.45) is 0. The molecule has 1 aromatic carbocycles. The minimum absolute atomic E-state index is 0.0848. The lowest BCUT2D eigenvalue weighted by atomic mass is 10.0. The molecular weight excluding hydrogens is 227 g/mol. The smallest absolute Gasteiger partial charge is 0.144 e. The van der Waals surface area contributed by atoms with Crippen molar-refractivity contribution in [2.24, 2.45) is 11.8 Å². The van der Waals surface area contributed by atoms with Crippen LogP contribution in [-0.2, 0) is 0 Å². The maximum atomic E-state index is 13.4. The average Bonchev–Trinajstić information content (AvgIpc) is 2.53. The van der Waals surface area contributed by atoms with E-state index >= 15 is 0 Å². The van der Waals surface area contributed by atoms with Gasteiger partial charge in [-0.1, -0.05) is 25.4 Å². The highest BCUT2D eigenvalue weighted by atomic mass is 35.5. The molecule has 0 aliphatic carbocycles. The van der Waals surface area contributed by atoms with Gasteiger partial charge in [-0.2, -0.15) is 0 Å². The molecule has 0 saturated carbocycles. The first-order chi connectivity index (χ1) is 7.49. The van der Waals surface area contributed by atoms with Gasteiger partial charge in [-0.15, -0.1) is 0 Å². The Kier molecular flexibility index (Phi) is 2.98. The molecule has 1 aliphatic rings. The Bertz CT molecular complexity index is 398. The molecule has 1 heterocycles. The van der Waals surface area contributed by atoms with Gasteiger partial charge in [0.2, 0.25) is 0 Å². The van der Waals surface area contributed by atoms with Crippen molar-refractivity contribution in [3.05, 3.63) is 23.0 Å². The standard InChI is InChI=1S/C12H16ClFN2/c1-7-5-16(6-8(7)2)12-4-10(14)9(13)3-11(12)15/h3-4,7-8H,5-6,15H2,1-2H3. The van der Waals surface area contributed by atoms with Crippen LogP contribution in [0.4, 0.5) is 15.8 Å².